The Morgan fingerprint density at radius 3 is 2.59 bits per heavy atom. The Bertz CT molecular complexity index is 249. The molecule has 0 aromatic rings. The van der Waals surface area contributed by atoms with E-state index in [2.05, 4.69) is 30.7 Å². The van der Waals surface area contributed by atoms with Crippen LogP contribution in [0.3, 0.4) is 0 Å². The second-order valence-corrected chi connectivity index (χ2v) is 5.71. The molecular weight excluding hydrogens is 214 g/mol. The predicted molar refractivity (Wildman–Crippen MR) is 70.1 cm³/mol. The molecule has 4 heteroatoms. The van der Waals surface area contributed by atoms with Crippen molar-refractivity contribution in [3.05, 3.63) is 0 Å². The molecule has 4 atom stereocenters. The summed E-state index contributed by atoms with van der Waals surface area (Å²) in [7, 11) is 2.19. The van der Waals surface area contributed by atoms with Crippen LogP contribution in [0.2, 0.25) is 0 Å². The summed E-state index contributed by atoms with van der Waals surface area (Å²) in [5, 5.41) is 0. The van der Waals surface area contributed by atoms with Crippen molar-refractivity contribution < 1.29 is 4.74 Å². The maximum Gasteiger partial charge on any atom is 0.0747 e. The maximum absolute atomic E-state index is 6.01. The lowest BCUT2D eigenvalue weighted by Crippen LogP contribution is -2.59. The number of nitrogens with zero attached hydrogens (tertiary/aromatic N) is 2. The maximum atomic E-state index is 6.01. The van der Waals surface area contributed by atoms with Gasteiger partial charge >= 0.3 is 0 Å². The highest BCUT2D eigenvalue weighted by Crippen LogP contribution is 2.26. The Hall–Kier alpha value is -0.160. The molecule has 4 nitrogen and oxygen atoms in total. The number of likely N-dealkylation sites (N-methyl/N-ethyl adjacent to an activating group) is 1. The zero-order chi connectivity index (χ0) is 12.4. The second-order valence-electron chi connectivity index (χ2n) is 5.71. The molecule has 4 unspecified atom stereocenters. The van der Waals surface area contributed by atoms with E-state index in [9.17, 15) is 0 Å². The summed E-state index contributed by atoms with van der Waals surface area (Å²) < 4.78 is 6.01. The summed E-state index contributed by atoms with van der Waals surface area (Å²) in [5.74, 6) is 0. The first-order chi connectivity index (χ1) is 8.11. The molecule has 0 aromatic carbocycles. The average molecular weight is 241 g/mol. The molecule has 0 bridgehead atoms. The fraction of sp³-hybridized carbons (Fsp3) is 1.00. The lowest BCUT2D eigenvalue weighted by Gasteiger charge is -2.44. The Balaban J connectivity index is 1.97. The standard InChI is InChI=1S/C13H27N3O/c1-10-9-15(3)6-7-16(10)12(8-14)13-5-4-11(2)17-13/h10-13H,4-9,14H2,1-3H3. The minimum absolute atomic E-state index is 0.348. The quantitative estimate of drug-likeness (QED) is 0.782. The first-order valence-electron chi connectivity index (χ1n) is 6.91. The summed E-state index contributed by atoms with van der Waals surface area (Å²) in [6.07, 6.45) is 3.11. The van der Waals surface area contributed by atoms with Gasteiger partial charge in [-0.15, -0.1) is 0 Å². The van der Waals surface area contributed by atoms with Crippen LogP contribution < -0.4 is 5.73 Å². The van der Waals surface area contributed by atoms with Gasteiger partial charge in [0.2, 0.25) is 0 Å². The molecule has 2 aliphatic rings. The van der Waals surface area contributed by atoms with E-state index >= 15 is 0 Å². The fourth-order valence-corrected chi connectivity index (χ4v) is 3.26. The van der Waals surface area contributed by atoms with Crippen LogP contribution in [0.15, 0.2) is 0 Å². The lowest BCUT2D eigenvalue weighted by atomic mass is 10.0. The van der Waals surface area contributed by atoms with Crippen LogP contribution in [0.1, 0.15) is 26.7 Å². The van der Waals surface area contributed by atoms with Gasteiger partial charge < -0.3 is 15.4 Å². The summed E-state index contributed by atoms with van der Waals surface area (Å²) >= 11 is 0. The van der Waals surface area contributed by atoms with E-state index in [1.807, 2.05) is 0 Å². The van der Waals surface area contributed by atoms with Gasteiger partial charge in [-0.25, -0.2) is 0 Å². The monoisotopic (exact) mass is 241 g/mol. The molecule has 0 radical (unpaired) electrons. The van der Waals surface area contributed by atoms with E-state index in [-0.39, 0.29) is 0 Å². The third-order valence-corrected chi connectivity index (χ3v) is 4.24. The van der Waals surface area contributed by atoms with Crippen molar-refractivity contribution in [3.63, 3.8) is 0 Å². The average Bonchev–Trinajstić information content (AvgIpc) is 2.69. The summed E-state index contributed by atoms with van der Waals surface area (Å²) in [6.45, 7) is 8.58. The van der Waals surface area contributed by atoms with Crippen molar-refractivity contribution in [2.24, 2.45) is 5.73 Å². The van der Waals surface area contributed by atoms with Crippen LogP contribution in [-0.4, -0.2) is 67.3 Å². The molecule has 0 amide bonds. The molecule has 0 spiro atoms. The van der Waals surface area contributed by atoms with Crippen molar-refractivity contribution in [2.75, 3.05) is 33.2 Å². The molecule has 2 rings (SSSR count). The van der Waals surface area contributed by atoms with Crippen molar-refractivity contribution >= 4 is 0 Å². The largest absolute Gasteiger partial charge is 0.374 e. The molecule has 0 aromatic heterocycles. The minimum Gasteiger partial charge on any atom is -0.374 e. The van der Waals surface area contributed by atoms with E-state index in [0.717, 1.165) is 19.6 Å². The highest BCUT2D eigenvalue weighted by Gasteiger charge is 2.36. The van der Waals surface area contributed by atoms with Gasteiger partial charge in [0.1, 0.15) is 0 Å². The normalized spacial score (nSPS) is 38.5. The second kappa shape index (κ2) is 5.65. The van der Waals surface area contributed by atoms with Gasteiger partial charge in [-0.3, -0.25) is 4.90 Å². The van der Waals surface area contributed by atoms with E-state index in [4.69, 9.17) is 10.5 Å². The number of hydrogen-bond acceptors (Lipinski definition) is 4. The predicted octanol–water partition coefficient (Wildman–Crippen LogP) is 0.517. The van der Waals surface area contributed by atoms with Crippen molar-refractivity contribution in [1.29, 1.82) is 0 Å². The molecule has 2 aliphatic heterocycles. The highest BCUT2D eigenvalue weighted by atomic mass is 16.5. The SMILES string of the molecule is CC1CCC(C(CN)N2CCN(C)CC2C)O1. The molecule has 17 heavy (non-hydrogen) atoms. The molecule has 2 N–H and O–H groups in total. The lowest BCUT2D eigenvalue weighted by molar-refractivity contribution is -0.0331. The Morgan fingerprint density at radius 2 is 2.06 bits per heavy atom. The molecule has 2 heterocycles. The van der Waals surface area contributed by atoms with Crippen LogP contribution in [0, 0.1) is 0 Å². The van der Waals surface area contributed by atoms with Gasteiger partial charge in [0.05, 0.1) is 12.2 Å². The number of rotatable bonds is 3. The van der Waals surface area contributed by atoms with Gasteiger partial charge in [0.25, 0.3) is 0 Å². The zero-order valence-corrected chi connectivity index (χ0v) is 11.4. The summed E-state index contributed by atoms with van der Waals surface area (Å²) in [6, 6.07) is 0.991. The zero-order valence-electron chi connectivity index (χ0n) is 11.4. The Kier molecular flexibility index (Phi) is 4.42. The van der Waals surface area contributed by atoms with Gasteiger partial charge in [-0.1, -0.05) is 0 Å². The number of hydrogen-bond donors (Lipinski definition) is 1. The summed E-state index contributed by atoms with van der Waals surface area (Å²) in [5.41, 5.74) is 5.99. The van der Waals surface area contributed by atoms with Gasteiger partial charge in [0, 0.05) is 38.3 Å². The van der Waals surface area contributed by atoms with Crippen LogP contribution >= 0.6 is 0 Å². The third kappa shape index (κ3) is 2.99. The van der Waals surface area contributed by atoms with Crippen LogP contribution in [0.25, 0.3) is 0 Å². The van der Waals surface area contributed by atoms with Gasteiger partial charge in [-0.2, -0.15) is 0 Å². The molecule has 0 aliphatic carbocycles. The Morgan fingerprint density at radius 1 is 1.29 bits per heavy atom. The van der Waals surface area contributed by atoms with E-state index in [1.54, 1.807) is 0 Å². The smallest absolute Gasteiger partial charge is 0.0747 e. The number of piperazine rings is 1. The van der Waals surface area contributed by atoms with E-state index in [0.29, 0.717) is 30.8 Å². The highest BCUT2D eigenvalue weighted by molar-refractivity contribution is 4.90. The third-order valence-electron chi connectivity index (χ3n) is 4.24. The van der Waals surface area contributed by atoms with Crippen LogP contribution in [0.5, 0.6) is 0 Å². The van der Waals surface area contributed by atoms with Gasteiger partial charge in [-0.05, 0) is 33.7 Å². The van der Waals surface area contributed by atoms with Crippen molar-refractivity contribution in [2.45, 2.75) is 51.0 Å². The van der Waals surface area contributed by atoms with Gasteiger partial charge in [0.15, 0.2) is 0 Å². The summed E-state index contributed by atoms with van der Waals surface area (Å²) in [4.78, 5) is 4.95. The first kappa shape index (κ1) is 13.3. The molecule has 100 valence electrons. The Labute approximate surface area is 105 Å². The van der Waals surface area contributed by atoms with Crippen LogP contribution in [0.4, 0.5) is 0 Å². The molecule has 0 saturated carbocycles. The number of nitrogens with two attached hydrogens (primary N) is 1. The topological polar surface area (TPSA) is 41.7 Å². The van der Waals surface area contributed by atoms with E-state index < -0.39 is 0 Å². The molecule has 2 fully saturated rings. The number of ether oxygens (including phenoxy) is 1. The van der Waals surface area contributed by atoms with Crippen molar-refractivity contribution in [1.82, 2.24) is 9.80 Å². The fourth-order valence-electron chi connectivity index (χ4n) is 3.26. The van der Waals surface area contributed by atoms with E-state index in [1.165, 1.54) is 12.8 Å². The van der Waals surface area contributed by atoms with Crippen molar-refractivity contribution in [3.8, 4) is 0 Å². The van der Waals surface area contributed by atoms with Crippen LogP contribution in [-0.2, 0) is 4.74 Å². The molecular formula is C13H27N3O. The first-order valence-corrected chi connectivity index (χ1v) is 6.91. The minimum atomic E-state index is 0.348. The molecule has 2 saturated heterocycles.